The van der Waals surface area contributed by atoms with E-state index in [0.717, 1.165) is 12.8 Å². The van der Waals surface area contributed by atoms with Crippen LogP contribution in [0.1, 0.15) is 18.4 Å². The number of nitrogens with one attached hydrogen (secondary N) is 1. The summed E-state index contributed by atoms with van der Waals surface area (Å²) in [6.07, 6.45) is 3.34. The zero-order valence-corrected chi connectivity index (χ0v) is 12.6. The predicted molar refractivity (Wildman–Crippen MR) is 85.7 cm³/mol. The molecule has 0 atom stereocenters. The molecule has 1 saturated carbocycles. The largest absolute Gasteiger partial charge is 0.457 e. The Labute approximate surface area is 131 Å². The fourth-order valence-corrected chi connectivity index (χ4v) is 2.91. The molecule has 0 radical (unpaired) electrons. The molecular formula is C16H13N3O2S. The number of carbonyl (C=O) groups is 1. The lowest BCUT2D eigenvalue weighted by Crippen LogP contribution is -2.12. The minimum Gasteiger partial charge on any atom is -0.457 e. The molecule has 1 aliphatic carbocycles. The number of ether oxygens (including phenoxy) is 1. The van der Waals surface area contributed by atoms with Gasteiger partial charge in [-0.15, -0.1) is 0 Å². The third-order valence-electron chi connectivity index (χ3n) is 3.28. The van der Waals surface area contributed by atoms with Gasteiger partial charge >= 0.3 is 0 Å². The molecule has 0 bridgehead atoms. The first-order chi connectivity index (χ1) is 10.6. The maximum absolute atomic E-state index is 11.8. The Kier molecular flexibility index (Phi) is 3.65. The molecule has 5 nitrogen and oxygen atoms in total. The molecule has 1 amide bonds. The second-order valence-electron chi connectivity index (χ2n) is 4.95. The predicted octanol–water partition coefficient (Wildman–Crippen LogP) is 3.59. The number of nitriles is 1. The lowest BCUT2D eigenvalue weighted by atomic mass is 10.2. The number of anilines is 1. The molecule has 0 aliphatic heterocycles. The van der Waals surface area contributed by atoms with Crippen LogP contribution in [0, 0.1) is 17.2 Å². The topological polar surface area (TPSA) is 75.0 Å². The molecule has 1 heterocycles. The van der Waals surface area contributed by atoms with Gasteiger partial charge in [0.15, 0.2) is 5.13 Å². The summed E-state index contributed by atoms with van der Waals surface area (Å²) in [6.45, 7) is 7.25. The molecule has 1 N–H and O–H groups in total. The normalized spacial score (nSPS) is 13.4. The molecule has 0 unspecified atom stereocenters. The Hall–Kier alpha value is -2.65. The van der Waals surface area contributed by atoms with Crippen LogP contribution in [0.15, 0.2) is 37.1 Å². The van der Waals surface area contributed by atoms with Crippen molar-refractivity contribution in [1.29, 1.82) is 5.26 Å². The van der Waals surface area contributed by atoms with Gasteiger partial charge in [-0.2, -0.15) is 5.26 Å². The summed E-state index contributed by atoms with van der Waals surface area (Å²) < 4.78 is 6.17. The maximum atomic E-state index is 11.8. The number of rotatable bonds is 5. The van der Waals surface area contributed by atoms with E-state index in [1.54, 1.807) is 12.1 Å². The van der Waals surface area contributed by atoms with Gasteiger partial charge in [0.1, 0.15) is 23.1 Å². The number of amides is 1. The van der Waals surface area contributed by atoms with Crippen molar-refractivity contribution >= 4 is 32.6 Å². The fraction of sp³-hybridized carbons (Fsp3) is 0.188. The van der Waals surface area contributed by atoms with Crippen LogP contribution in [0.5, 0.6) is 5.75 Å². The average Bonchev–Trinajstić information content (AvgIpc) is 3.28. The second-order valence-corrected chi connectivity index (χ2v) is 5.95. The van der Waals surface area contributed by atoms with Gasteiger partial charge in [0, 0.05) is 5.92 Å². The minimum absolute atomic E-state index is 0.00549. The number of hydrogen-bond acceptors (Lipinski definition) is 5. The monoisotopic (exact) mass is 311 g/mol. The third kappa shape index (κ3) is 2.71. The van der Waals surface area contributed by atoms with E-state index >= 15 is 0 Å². The maximum Gasteiger partial charge on any atom is 0.229 e. The van der Waals surface area contributed by atoms with E-state index < -0.39 is 0 Å². The van der Waals surface area contributed by atoms with E-state index in [1.165, 1.54) is 17.4 Å². The highest BCUT2D eigenvalue weighted by Gasteiger charge is 2.30. The minimum atomic E-state index is -0.00549. The number of nitrogens with zero attached hydrogens (tertiary/aromatic N) is 2. The van der Waals surface area contributed by atoms with E-state index in [2.05, 4.69) is 29.5 Å². The molecule has 2 aromatic rings. The molecule has 3 rings (SSSR count). The zero-order chi connectivity index (χ0) is 15.7. The van der Waals surface area contributed by atoms with Gasteiger partial charge in [-0.1, -0.05) is 24.5 Å². The van der Waals surface area contributed by atoms with E-state index in [-0.39, 0.29) is 11.8 Å². The van der Waals surface area contributed by atoms with Crippen molar-refractivity contribution in [1.82, 2.24) is 4.98 Å². The quantitative estimate of drug-likeness (QED) is 0.676. The summed E-state index contributed by atoms with van der Waals surface area (Å²) in [5, 5.41) is 12.7. The van der Waals surface area contributed by atoms with Gasteiger partial charge < -0.3 is 10.1 Å². The molecule has 1 aliphatic rings. The van der Waals surface area contributed by atoms with Gasteiger partial charge in [-0.25, -0.2) is 4.98 Å². The van der Waals surface area contributed by atoms with Gasteiger partial charge in [-0.05, 0) is 31.1 Å². The van der Waals surface area contributed by atoms with Crippen LogP contribution >= 0.6 is 11.3 Å². The number of fused-ring (bicyclic) bond motifs is 1. The van der Waals surface area contributed by atoms with Crippen LogP contribution in [0.2, 0.25) is 0 Å². The summed E-state index contributed by atoms with van der Waals surface area (Å²) in [5.41, 5.74) is 1.04. The zero-order valence-electron chi connectivity index (χ0n) is 11.8. The Bertz CT molecular complexity index is 828. The summed E-state index contributed by atoms with van der Waals surface area (Å²) in [7, 11) is 0. The highest BCUT2D eigenvalue weighted by molar-refractivity contribution is 7.22. The van der Waals surface area contributed by atoms with Crippen molar-refractivity contribution in [3.63, 3.8) is 0 Å². The molecule has 0 spiro atoms. The van der Waals surface area contributed by atoms with E-state index in [1.807, 2.05) is 0 Å². The average molecular weight is 311 g/mol. The summed E-state index contributed by atoms with van der Waals surface area (Å²) in [6, 6.07) is 5.55. The van der Waals surface area contributed by atoms with E-state index in [9.17, 15) is 10.1 Å². The molecule has 1 fully saturated rings. The first kappa shape index (κ1) is 14.3. The van der Waals surface area contributed by atoms with Crippen LogP contribution in [0.4, 0.5) is 5.13 Å². The highest BCUT2D eigenvalue weighted by atomic mass is 32.1. The molecule has 1 aromatic carbocycles. The van der Waals surface area contributed by atoms with Crippen molar-refractivity contribution < 1.29 is 9.53 Å². The summed E-state index contributed by atoms with van der Waals surface area (Å²) >= 11 is 1.27. The highest BCUT2D eigenvalue weighted by Crippen LogP contribution is 2.36. The van der Waals surface area contributed by atoms with E-state index in [0.29, 0.717) is 32.4 Å². The number of allylic oxidation sites excluding steroid dienone is 1. The smallest absolute Gasteiger partial charge is 0.229 e. The van der Waals surface area contributed by atoms with Gasteiger partial charge in [0.25, 0.3) is 0 Å². The Morgan fingerprint density at radius 3 is 2.95 bits per heavy atom. The summed E-state index contributed by atoms with van der Waals surface area (Å²) in [4.78, 5) is 16.1. The third-order valence-corrected chi connectivity index (χ3v) is 4.28. The second kappa shape index (κ2) is 5.62. The first-order valence-corrected chi connectivity index (χ1v) is 7.57. The SMILES string of the molecule is C=CC(=C)Oc1ccc2nc(NC(=O)C3CC3)sc2c1C#N. The van der Waals surface area contributed by atoms with Crippen LogP contribution in [-0.4, -0.2) is 10.9 Å². The lowest BCUT2D eigenvalue weighted by Gasteiger charge is -2.06. The van der Waals surface area contributed by atoms with Crippen molar-refractivity contribution in [2.24, 2.45) is 5.92 Å². The fourth-order valence-electron chi connectivity index (χ4n) is 1.95. The number of carbonyl (C=O) groups excluding carboxylic acids is 1. The van der Waals surface area contributed by atoms with Gasteiger partial charge in [-0.3, -0.25) is 4.79 Å². The van der Waals surface area contributed by atoms with Crippen molar-refractivity contribution in [2.45, 2.75) is 12.8 Å². The summed E-state index contributed by atoms with van der Waals surface area (Å²) in [5.74, 6) is 0.873. The molecule has 0 saturated heterocycles. The molecular weight excluding hydrogens is 298 g/mol. The Balaban J connectivity index is 1.96. The van der Waals surface area contributed by atoms with Crippen LogP contribution in [-0.2, 0) is 4.79 Å². The number of aromatic nitrogens is 1. The van der Waals surface area contributed by atoms with Crippen LogP contribution in [0.25, 0.3) is 10.2 Å². The van der Waals surface area contributed by atoms with Gasteiger partial charge in [0.2, 0.25) is 5.91 Å². The van der Waals surface area contributed by atoms with Crippen molar-refractivity contribution in [3.05, 3.63) is 42.7 Å². The number of thiazole rings is 1. The molecule has 22 heavy (non-hydrogen) atoms. The van der Waals surface area contributed by atoms with Crippen LogP contribution in [0.3, 0.4) is 0 Å². The lowest BCUT2D eigenvalue weighted by molar-refractivity contribution is -0.117. The van der Waals surface area contributed by atoms with Crippen molar-refractivity contribution in [2.75, 3.05) is 5.32 Å². The standard InChI is InChI=1S/C16H13N3O2S/c1-3-9(2)21-13-7-6-12-14(11(13)8-17)22-16(18-12)19-15(20)10-4-5-10/h3,6-7,10H,1-2,4-5H2,(H,18,19,20). The molecule has 6 heteroatoms. The molecule has 110 valence electrons. The Morgan fingerprint density at radius 2 is 2.32 bits per heavy atom. The Morgan fingerprint density at radius 1 is 1.55 bits per heavy atom. The van der Waals surface area contributed by atoms with Gasteiger partial charge in [0.05, 0.1) is 10.2 Å². The number of benzene rings is 1. The van der Waals surface area contributed by atoms with Crippen molar-refractivity contribution in [3.8, 4) is 11.8 Å². The van der Waals surface area contributed by atoms with Crippen LogP contribution < -0.4 is 10.1 Å². The van der Waals surface area contributed by atoms with E-state index in [4.69, 9.17) is 4.74 Å². The first-order valence-electron chi connectivity index (χ1n) is 6.76. The molecule has 1 aromatic heterocycles. The number of hydrogen-bond donors (Lipinski definition) is 1.